The van der Waals surface area contributed by atoms with Crippen LogP contribution in [0.3, 0.4) is 0 Å². The topological polar surface area (TPSA) is 51.6 Å². The quantitative estimate of drug-likeness (QED) is 0.170. The number of thiophene rings is 2. The summed E-state index contributed by atoms with van der Waals surface area (Å²) in [6.07, 6.45) is 0. The molecule has 0 amide bonds. The molecule has 0 spiro atoms. The lowest BCUT2D eigenvalue weighted by molar-refractivity contribution is 1.31. The summed E-state index contributed by atoms with van der Waals surface area (Å²) in [5.74, 6) is 0. The second kappa shape index (κ2) is 13.5. The van der Waals surface area contributed by atoms with Crippen LogP contribution in [0.15, 0.2) is 182 Å². The van der Waals surface area contributed by atoms with E-state index in [2.05, 4.69) is 170 Å². The summed E-state index contributed by atoms with van der Waals surface area (Å²) < 4.78 is 2.38. The Morgan fingerprint density at radius 3 is 1.02 bits per heavy atom. The van der Waals surface area contributed by atoms with E-state index in [4.69, 9.17) is 19.9 Å². The van der Waals surface area contributed by atoms with Crippen LogP contribution in [0.2, 0.25) is 0 Å². The highest BCUT2D eigenvalue weighted by Crippen LogP contribution is 2.40. The number of rotatable bonds is 6. The maximum atomic E-state index is 5.30. The monoisotopic (exact) mass is 750 g/mol. The average molecular weight is 751 g/mol. The zero-order chi connectivity index (χ0) is 37.0. The minimum Gasteiger partial charge on any atom is -0.242 e. The Kier molecular flexibility index (Phi) is 7.83. The van der Waals surface area contributed by atoms with Crippen LogP contribution >= 0.6 is 22.7 Å². The summed E-state index contributed by atoms with van der Waals surface area (Å²) in [6.45, 7) is 0. The molecule has 262 valence electrons. The molecule has 0 saturated heterocycles. The Morgan fingerprint density at radius 1 is 0.268 bits per heavy atom. The Morgan fingerprint density at radius 2 is 0.589 bits per heavy atom. The zero-order valence-electron chi connectivity index (χ0n) is 29.9. The van der Waals surface area contributed by atoms with Crippen LogP contribution in [-0.4, -0.2) is 19.9 Å². The molecule has 0 N–H and O–H groups in total. The van der Waals surface area contributed by atoms with Crippen molar-refractivity contribution < 1.29 is 0 Å². The van der Waals surface area contributed by atoms with Gasteiger partial charge in [0.15, 0.2) is 0 Å². The summed E-state index contributed by atoms with van der Waals surface area (Å²) in [5, 5.41) is 2.28. The van der Waals surface area contributed by atoms with Gasteiger partial charge in [0.1, 0.15) is 20.7 Å². The third-order valence-electron chi connectivity index (χ3n) is 10.3. The van der Waals surface area contributed by atoms with Crippen LogP contribution in [-0.2, 0) is 0 Å². The molecular weight excluding hydrogens is 721 g/mol. The van der Waals surface area contributed by atoms with E-state index in [1.165, 1.54) is 9.40 Å². The number of hydrogen-bond donors (Lipinski definition) is 0. The lowest BCUT2D eigenvalue weighted by Crippen LogP contribution is -1.94. The van der Waals surface area contributed by atoms with Gasteiger partial charge in [0.2, 0.25) is 0 Å². The third-order valence-corrected chi connectivity index (χ3v) is 12.4. The first kappa shape index (κ1) is 32.6. The predicted molar refractivity (Wildman–Crippen MR) is 236 cm³/mol. The molecule has 7 aromatic carbocycles. The summed E-state index contributed by atoms with van der Waals surface area (Å²) in [5.41, 5.74) is 14.1. The molecule has 4 aromatic heterocycles. The summed E-state index contributed by atoms with van der Waals surface area (Å²) >= 11 is 3.39. The van der Waals surface area contributed by atoms with Crippen molar-refractivity contribution in [3.63, 3.8) is 0 Å². The second-order valence-corrected chi connectivity index (χ2v) is 15.9. The zero-order valence-corrected chi connectivity index (χ0v) is 31.6. The fourth-order valence-corrected chi connectivity index (χ4v) is 9.65. The first-order chi connectivity index (χ1) is 27.7. The standard InChI is InChI=1S/C50H30N4S2/c1-3-14-31(15-4-1)43-45(53-49-47(51-43)39-24-7-9-26-41(39)55-49)37-22-12-20-35(29-37)33-18-11-19-34(28-33)36-21-13-23-38(30-36)46-44(32-16-5-2-6-17-32)52-48-40-25-8-10-27-42(40)56-50(48)54-46/h1-30H. The number of fused-ring (bicyclic) bond motifs is 6. The summed E-state index contributed by atoms with van der Waals surface area (Å²) in [4.78, 5) is 23.1. The van der Waals surface area contributed by atoms with Gasteiger partial charge >= 0.3 is 0 Å². The maximum Gasteiger partial charge on any atom is 0.143 e. The van der Waals surface area contributed by atoms with Gasteiger partial charge in [0, 0.05) is 42.4 Å². The van der Waals surface area contributed by atoms with Gasteiger partial charge < -0.3 is 0 Å². The number of benzene rings is 7. The molecule has 0 aliphatic rings. The van der Waals surface area contributed by atoms with E-state index in [1.54, 1.807) is 22.7 Å². The van der Waals surface area contributed by atoms with Crippen molar-refractivity contribution in [2.24, 2.45) is 0 Å². The Labute approximate surface area is 331 Å². The van der Waals surface area contributed by atoms with Crippen molar-refractivity contribution in [1.82, 2.24) is 19.9 Å². The molecule has 0 saturated carbocycles. The molecule has 4 heterocycles. The number of hydrogen-bond acceptors (Lipinski definition) is 6. The molecular formula is C50H30N4S2. The predicted octanol–water partition coefficient (Wildman–Crippen LogP) is 14.0. The molecule has 4 nitrogen and oxygen atoms in total. The number of nitrogens with zero attached hydrogens (tertiary/aromatic N) is 4. The van der Waals surface area contributed by atoms with Crippen LogP contribution in [0.25, 0.3) is 108 Å². The van der Waals surface area contributed by atoms with Gasteiger partial charge in [-0.1, -0.05) is 152 Å². The van der Waals surface area contributed by atoms with Crippen LogP contribution in [0.5, 0.6) is 0 Å². The second-order valence-electron chi connectivity index (χ2n) is 13.8. The van der Waals surface area contributed by atoms with Gasteiger partial charge in [-0.15, -0.1) is 22.7 Å². The molecule has 0 atom stereocenters. The third kappa shape index (κ3) is 5.66. The number of aromatic nitrogens is 4. The SMILES string of the molecule is c1ccc(-c2nc3c(nc2-c2cccc(-c4cccc(-c5cccc(-c6nc7sc8ccccc8c7nc6-c6ccccc6)c5)c4)c2)sc2ccccc23)cc1. The van der Waals surface area contributed by atoms with Gasteiger partial charge in [0.05, 0.1) is 22.8 Å². The van der Waals surface area contributed by atoms with Gasteiger partial charge in [-0.25, -0.2) is 19.9 Å². The lowest BCUT2D eigenvalue weighted by atomic mass is 9.95. The highest BCUT2D eigenvalue weighted by molar-refractivity contribution is 7.25. The van der Waals surface area contributed by atoms with Crippen LogP contribution in [0, 0.1) is 0 Å². The van der Waals surface area contributed by atoms with E-state index in [0.717, 1.165) is 98.7 Å². The van der Waals surface area contributed by atoms with Crippen molar-refractivity contribution in [2.45, 2.75) is 0 Å². The Hall–Kier alpha value is -6.86. The van der Waals surface area contributed by atoms with Crippen LogP contribution < -0.4 is 0 Å². The minimum absolute atomic E-state index is 0.881. The highest BCUT2D eigenvalue weighted by Gasteiger charge is 2.19. The molecule has 0 fully saturated rings. The minimum atomic E-state index is 0.881. The van der Waals surface area contributed by atoms with Gasteiger partial charge in [-0.05, 0) is 52.6 Å². The van der Waals surface area contributed by atoms with Crippen LogP contribution in [0.4, 0.5) is 0 Å². The van der Waals surface area contributed by atoms with Gasteiger partial charge in [0.25, 0.3) is 0 Å². The Balaban J connectivity index is 1.00. The molecule has 56 heavy (non-hydrogen) atoms. The van der Waals surface area contributed by atoms with E-state index < -0.39 is 0 Å². The van der Waals surface area contributed by atoms with E-state index >= 15 is 0 Å². The molecule has 0 radical (unpaired) electrons. The molecule has 0 unspecified atom stereocenters. The van der Waals surface area contributed by atoms with Gasteiger partial charge in [-0.2, -0.15) is 0 Å². The normalized spacial score (nSPS) is 11.6. The fourth-order valence-electron chi connectivity index (χ4n) is 7.61. The van der Waals surface area contributed by atoms with E-state index in [9.17, 15) is 0 Å². The summed E-state index contributed by atoms with van der Waals surface area (Å²) in [6, 6.07) is 63.8. The molecule has 11 aromatic rings. The van der Waals surface area contributed by atoms with Crippen LogP contribution in [0.1, 0.15) is 0 Å². The lowest BCUT2D eigenvalue weighted by Gasteiger charge is -2.12. The average Bonchev–Trinajstić information content (AvgIpc) is 3.83. The maximum absolute atomic E-state index is 5.30. The van der Waals surface area contributed by atoms with Crippen molar-refractivity contribution in [2.75, 3.05) is 0 Å². The van der Waals surface area contributed by atoms with Crippen molar-refractivity contribution in [3.8, 4) is 67.3 Å². The van der Waals surface area contributed by atoms with Gasteiger partial charge in [-0.3, -0.25) is 0 Å². The molecule has 0 bridgehead atoms. The first-order valence-corrected chi connectivity index (χ1v) is 20.2. The first-order valence-electron chi connectivity index (χ1n) is 18.5. The smallest absolute Gasteiger partial charge is 0.143 e. The van der Waals surface area contributed by atoms with E-state index in [1.807, 2.05) is 12.1 Å². The van der Waals surface area contributed by atoms with Crippen molar-refractivity contribution in [3.05, 3.63) is 182 Å². The molecule has 6 heteroatoms. The van der Waals surface area contributed by atoms with Crippen molar-refractivity contribution >= 4 is 63.5 Å². The largest absolute Gasteiger partial charge is 0.242 e. The molecule has 0 aliphatic heterocycles. The molecule has 0 aliphatic carbocycles. The molecule has 11 rings (SSSR count). The highest BCUT2D eigenvalue weighted by atomic mass is 32.1. The fraction of sp³-hybridized carbons (Fsp3) is 0. The Bertz CT molecular complexity index is 3040. The van der Waals surface area contributed by atoms with Crippen molar-refractivity contribution in [1.29, 1.82) is 0 Å². The van der Waals surface area contributed by atoms with E-state index in [-0.39, 0.29) is 0 Å². The van der Waals surface area contributed by atoms with E-state index in [0.29, 0.717) is 0 Å². The summed E-state index contributed by atoms with van der Waals surface area (Å²) in [7, 11) is 0.